The number of hydrogen-bond donors (Lipinski definition) is 0. The van der Waals surface area contributed by atoms with Crippen LogP contribution < -0.4 is 0 Å². The van der Waals surface area contributed by atoms with Crippen LogP contribution in [0.5, 0.6) is 0 Å². The molecule has 31 heavy (non-hydrogen) atoms. The van der Waals surface area contributed by atoms with Crippen molar-refractivity contribution in [1.29, 1.82) is 0 Å². The van der Waals surface area contributed by atoms with Gasteiger partial charge >= 0.3 is 0 Å². The number of quaternary nitrogens is 1. The van der Waals surface area contributed by atoms with E-state index in [9.17, 15) is 0 Å². The molecule has 1 atom stereocenters. The Hall–Kier alpha value is -0.860. The van der Waals surface area contributed by atoms with Gasteiger partial charge in [0.2, 0.25) is 0 Å². The highest BCUT2D eigenvalue weighted by Crippen LogP contribution is 2.37. The molecule has 1 unspecified atom stereocenters. The van der Waals surface area contributed by atoms with E-state index in [0.29, 0.717) is 0 Å². The summed E-state index contributed by atoms with van der Waals surface area (Å²) < 4.78 is 1.09. The van der Waals surface area contributed by atoms with Crippen molar-refractivity contribution in [2.45, 2.75) is 130 Å². The van der Waals surface area contributed by atoms with Crippen molar-refractivity contribution in [1.82, 2.24) is 0 Å². The third-order valence-electron chi connectivity index (χ3n) is 7.82. The lowest BCUT2D eigenvalue weighted by Crippen LogP contribution is -2.56. The molecule has 1 aromatic carbocycles. The first-order valence-electron chi connectivity index (χ1n) is 13.3. The second kappa shape index (κ2) is 16.7. The van der Waals surface area contributed by atoms with Gasteiger partial charge in [0.25, 0.3) is 0 Å². The zero-order chi connectivity index (χ0) is 22.3. The molecule has 0 aliphatic carbocycles. The third-order valence-corrected chi connectivity index (χ3v) is 7.82. The lowest BCUT2D eigenvalue weighted by Gasteiger charge is -2.47. The molecule has 0 radical (unpaired) electrons. The Morgan fingerprint density at radius 2 is 1.10 bits per heavy atom. The Morgan fingerprint density at radius 3 is 1.52 bits per heavy atom. The molecular formula is C29H55NO. The molecule has 0 aliphatic rings. The highest BCUT2D eigenvalue weighted by molar-refractivity contribution is 5.30. The second-order valence-electron chi connectivity index (χ2n) is 10.4. The van der Waals surface area contributed by atoms with Gasteiger partial charge in [-0.15, -0.1) is 0 Å². The van der Waals surface area contributed by atoms with Crippen molar-refractivity contribution >= 4 is 0 Å². The van der Waals surface area contributed by atoms with E-state index in [1.807, 2.05) is 0 Å². The first-order chi connectivity index (χ1) is 14.4. The van der Waals surface area contributed by atoms with Gasteiger partial charge in [-0.25, -0.2) is 0 Å². The van der Waals surface area contributed by atoms with Crippen LogP contribution >= 0.6 is 0 Å². The minimum absolute atomic E-state index is 0. The minimum Gasteiger partial charge on any atom is -0.870 e. The van der Waals surface area contributed by atoms with Crippen LogP contribution in [0.3, 0.4) is 0 Å². The van der Waals surface area contributed by atoms with Crippen LogP contribution in [-0.2, 0) is 5.54 Å². The Balaban J connectivity index is 0.00000900. The molecule has 1 N–H and O–H groups in total. The summed E-state index contributed by atoms with van der Waals surface area (Å²) in [6, 6.07) is 9.00. The van der Waals surface area contributed by atoms with Crippen LogP contribution in [0.2, 0.25) is 0 Å². The molecule has 0 heterocycles. The van der Waals surface area contributed by atoms with E-state index < -0.39 is 0 Å². The summed E-state index contributed by atoms with van der Waals surface area (Å²) in [7, 11) is 4.89. The Morgan fingerprint density at radius 1 is 0.677 bits per heavy atom. The van der Waals surface area contributed by atoms with Gasteiger partial charge in [0.15, 0.2) is 0 Å². The zero-order valence-corrected chi connectivity index (χ0v) is 22.0. The van der Waals surface area contributed by atoms with Gasteiger partial charge in [-0.05, 0) is 32.3 Å². The summed E-state index contributed by atoms with van der Waals surface area (Å²) in [5.74, 6) is 0. The van der Waals surface area contributed by atoms with Gasteiger partial charge in [-0.1, -0.05) is 115 Å². The Bertz CT molecular complexity index is 553. The first-order valence-corrected chi connectivity index (χ1v) is 13.3. The van der Waals surface area contributed by atoms with Gasteiger partial charge in [0, 0.05) is 12.0 Å². The Kier molecular flexibility index (Phi) is 16.3. The third kappa shape index (κ3) is 10.5. The van der Waals surface area contributed by atoms with E-state index in [1.54, 1.807) is 0 Å². The molecule has 0 saturated carbocycles. The summed E-state index contributed by atoms with van der Waals surface area (Å²) in [5, 5.41) is 0. The lowest BCUT2D eigenvalue weighted by atomic mass is 9.83. The van der Waals surface area contributed by atoms with Gasteiger partial charge in [-0.2, -0.15) is 0 Å². The molecule has 1 aromatic rings. The van der Waals surface area contributed by atoms with E-state index in [0.717, 1.165) is 4.48 Å². The number of benzene rings is 1. The predicted molar refractivity (Wildman–Crippen MR) is 138 cm³/mol. The number of hydrogen-bond acceptors (Lipinski definition) is 1. The van der Waals surface area contributed by atoms with Crippen molar-refractivity contribution in [2.24, 2.45) is 0 Å². The monoisotopic (exact) mass is 433 g/mol. The average Bonchev–Trinajstić information content (AvgIpc) is 2.73. The van der Waals surface area contributed by atoms with Crippen LogP contribution in [0.15, 0.2) is 24.3 Å². The van der Waals surface area contributed by atoms with Crippen LogP contribution in [0.1, 0.15) is 128 Å². The van der Waals surface area contributed by atoms with E-state index in [1.165, 1.54) is 114 Å². The summed E-state index contributed by atoms with van der Waals surface area (Å²) in [4.78, 5) is 0. The minimum atomic E-state index is 0. The fourth-order valence-corrected chi connectivity index (χ4v) is 5.07. The maximum absolute atomic E-state index is 2.47. The average molecular weight is 434 g/mol. The van der Waals surface area contributed by atoms with Crippen molar-refractivity contribution in [3.8, 4) is 0 Å². The summed E-state index contributed by atoms with van der Waals surface area (Å²) in [6.45, 7) is 10.7. The van der Waals surface area contributed by atoms with Crippen molar-refractivity contribution in [3.63, 3.8) is 0 Å². The number of unbranched alkanes of at least 4 members (excludes halogenated alkanes) is 13. The first kappa shape index (κ1) is 30.1. The van der Waals surface area contributed by atoms with Gasteiger partial charge in [-0.3, -0.25) is 0 Å². The molecule has 0 spiro atoms. The maximum atomic E-state index is 2.47. The molecule has 0 aromatic heterocycles. The van der Waals surface area contributed by atoms with Crippen molar-refractivity contribution in [2.75, 3.05) is 20.6 Å². The fraction of sp³-hybridized carbons (Fsp3) is 0.793. The van der Waals surface area contributed by atoms with Crippen molar-refractivity contribution < 1.29 is 9.96 Å². The normalized spacial score (nSPS) is 13.6. The molecule has 182 valence electrons. The second-order valence-corrected chi connectivity index (χ2v) is 10.4. The quantitative estimate of drug-likeness (QED) is 0.168. The van der Waals surface area contributed by atoms with E-state index in [-0.39, 0.29) is 11.0 Å². The summed E-state index contributed by atoms with van der Waals surface area (Å²) in [6.07, 6.45) is 21.3. The maximum Gasteiger partial charge on any atom is 0.121 e. The molecule has 1 rings (SSSR count). The summed E-state index contributed by atoms with van der Waals surface area (Å²) in [5.41, 5.74) is 3.17. The highest BCUT2D eigenvalue weighted by Gasteiger charge is 2.41. The molecule has 0 fully saturated rings. The predicted octanol–water partition coefficient (Wildman–Crippen LogP) is 9.00. The fourth-order valence-electron chi connectivity index (χ4n) is 5.07. The largest absolute Gasteiger partial charge is 0.870 e. The topological polar surface area (TPSA) is 30.0 Å². The van der Waals surface area contributed by atoms with Gasteiger partial charge in [0.1, 0.15) is 5.54 Å². The number of aryl methyl sites for hydroxylation is 1. The molecule has 2 heteroatoms. The SMILES string of the molecule is CCCCCCCCCCCCCCCC[N+](C)(C)C(C)(CC)c1ccccc1C.[OH-]. The molecular weight excluding hydrogens is 378 g/mol. The zero-order valence-electron chi connectivity index (χ0n) is 22.0. The van der Waals surface area contributed by atoms with Gasteiger partial charge < -0.3 is 9.96 Å². The smallest absolute Gasteiger partial charge is 0.121 e. The molecule has 0 amide bonds. The number of rotatable bonds is 18. The van der Waals surface area contributed by atoms with Gasteiger partial charge in [0.05, 0.1) is 20.6 Å². The van der Waals surface area contributed by atoms with Crippen LogP contribution in [0.25, 0.3) is 0 Å². The van der Waals surface area contributed by atoms with Crippen molar-refractivity contribution in [3.05, 3.63) is 35.4 Å². The molecule has 0 saturated heterocycles. The van der Waals surface area contributed by atoms with Crippen LogP contribution in [0.4, 0.5) is 0 Å². The molecule has 0 aliphatic heterocycles. The molecule has 0 bridgehead atoms. The number of nitrogens with zero attached hydrogens (tertiary/aromatic N) is 1. The molecule has 2 nitrogen and oxygen atoms in total. The van der Waals surface area contributed by atoms with Crippen LogP contribution in [-0.4, -0.2) is 30.6 Å². The van der Waals surface area contributed by atoms with Crippen LogP contribution in [0, 0.1) is 6.92 Å². The lowest BCUT2D eigenvalue weighted by molar-refractivity contribution is -0.948. The van der Waals surface area contributed by atoms with E-state index in [2.05, 4.69) is 66.1 Å². The van der Waals surface area contributed by atoms with E-state index in [4.69, 9.17) is 0 Å². The van der Waals surface area contributed by atoms with E-state index >= 15 is 0 Å². The standard InChI is InChI=1S/C29H54N.H2O/c1-7-9-10-11-12-13-14-15-16-17-18-19-20-23-26-30(5,6)29(4,8-2)28-25-22-21-24-27(28)3;/h21-22,24-25H,7-20,23,26H2,1-6H3;1H2/q+1;/p-1. The highest BCUT2D eigenvalue weighted by atomic mass is 16.0. The summed E-state index contributed by atoms with van der Waals surface area (Å²) >= 11 is 0. The Labute approximate surface area is 195 Å².